The Bertz CT molecular complexity index is 3240. The van der Waals surface area contributed by atoms with Gasteiger partial charge in [-0.1, -0.05) is 121 Å². The van der Waals surface area contributed by atoms with Gasteiger partial charge in [0.05, 0.1) is 5.41 Å². The summed E-state index contributed by atoms with van der Waals surface area (Å²) in [7, 11) is 0. The van der Waals surface area contributed by atoms with Crippen LogP contribution in [0.3, 0.4) is 0 Å². The minimum atomic E-state index is -0.679. The van der Waals surface area contributed by atoms with Gasteiger partial charge in [-0.25, -0.2) is 29.9 Å². The number of hydrogen-bond acceptors (Lipinski definition) is 9. The van der Waals surface area contributed by atoms with Crippen LogP contribution in [-0.4, -0.2) is 44.9 Å². The Morgan fingerprint density at radius 3 is 1.32 bits per heavy atom. The zero-order valence-electron chi connectivity index (χ0n) is 33.8. The summed E-state index contributed by atoms with van der Waals surface area (Å²) in [5.41, 5.74) is 13.4. The summed E-state index contributed by atoms with van der Waals surface area (Å²) in [6, 6.07) is 48.1. The Morgan fingerprint density at radius 2 is 0.810 bits per heavy atom. The third-order valence-corrected chi connectivity index (χ3v) is 12.0. The fourth-order valence-corrected chi connectivity index (χ4v) is 9.29. The molecule has 63 heavy (non-hydrogen) atoms. The van der Waals surface area contributed by atoms with E-state index >= 15 is 0 Å². The van der Waals surface area contributed by atoms with E-state index in [4.69, 9.17) is 29.9 Å². The summed E-state index contributed by atoms with van der Waals surface area (Å²) in [5.74, 6) is 3.20. The van der Waals surface area contributed by atoms with Gasteiger partial charge in [0.2, 0.25) is 0 Å². The van der Waals surface area contributed by atoms with Crippen LogP contribution in [0.5, 0.6) is 0 Å². The number of pyridine rings is 3. The number of benzene rings is 4. The van der Waals surface area contributed by atoms with Crippen molar-refractivity contribution in [1.29, 1.82) is 0 Å². The number of fused-ring (bicyclic) bond motifs is 10. The molecule has 9 heteroatoms. The van der Waals surface area contributed by atoms with E-state index in [2.05, 4.69) is 124 Å². The molecule has 0 saturated heterocycles. The molecule has 0 unspecified atom stereocenters. The van der Waals surface area contributed by atoms with Crippen molar-refractivity contribution in [1.82, 2.24) is 44.9 Å². The van der Waals surface area contributed by atoms with E-state index in [-0.39, 0.29) is 0 Å². The Balaban J connectivity index is 1.09. The van der Waals surface area contributed by atoms with Crippen LogP contribution in [0.2, 0.25) is 0 Å². The number of hydrogen-bond donors (Lipinski definition) is 0. The van der Waals surface area contributed by atoms with Crippen molar-refractivity contribution in [2.24, 2.45) is 0 Å². The van der Waals surface area contributed by atoms with Crippen LogP contribution in [0.25, 0.3) is 85.2 Å². The second-order valence-corrected chi connectivity index (χ2v) is 15.6. The second kappa shape index (κ2) is 14.9. The lowest BCUT2D eigenvalue weighted by molar-refractivity contribution is 0.794. The third kappa shape index (κ3) is 6.04. The number of nitrogens with zero attached hydrogens (tertiary/aromatic N) is 9. The molecule has 12 rings (SSSR count). The van der Waals surface area contributed by atoms with Crippen molar-refractivity contribution in [3.63, 3.8) is 0 Å². The molecular weight excluding hydrogens is 775 g/mol. The molecule has 0 fully saturated rings. The zero-order valence-corrected chi connectivity index (χ0v) is 33.8. The first-order valence-corrected chi connectivity index (χ1v) is 21.0. The Hall–Kier alpha value is -8.43. The molecule has 3 aliphatic rings. The quantitative estimate of drug-likeness (QED) is 0.162. The van der Waals surface area contributed by atoms with Crippen LogP contribution in [0.1, 0.15) is 40.9 Å². The molecule has 1 spiro atoms. The van der Waals surface area contributed by atoms with E-state index in [1.54, 1.807) is 18.6 Å². The summed E-state index contributed by atoms with van der Waals surface area (Å²) in [5, 5.41) is 0. The van der Waals surface area contributed by atoms with E-state index < -0.39 is 5.41 Å². The van der Waals surface area contributed by atoms with E-state index in [9.17, 15) is 0 Å². The van der Waals surface area contributed by atoms with Crippen LogP contribution in [0, 0.1) is 0 Å². The maximum atomic E-state index is 5.20. The first-order valence-electron chi connectivity index (χ1n) is 21.0. The van der Waals surface area contributed by atoms with E-state index in [1.807, 2.05) is 60.7 Å². The molecule has 0 radical (unpaired) electrons. The van der Waals surface area contributed by atoms with Crippen molar-refractivity contribution in [2.75, 3.05) is 0 Å². The van der Waals surface area contributed by atoms with Gasteiger partial charge in [0.15, 0.2) is 34.9 Å². The minimum absolute atomic E-state index is 0.477. The largest absolute Gasteiger partial charge is 0.253 e. The highest BCUT2D eigenvalue weighted by Gasteiger charge is 2.52. The van der Waals surface area contributed by atoms with Crippen molar-refractivity contribution in [3.8, 4) is 79.6 Å². The van der Waals surface area contributed by atoms with Crippen LogP contribution >= 0.6 is 0 Å². The summed E-state index contributed by atoms with van der Waals surface area (Å²) < 4.78 is 0. The van der Waals surface area contributed by atoms with Gasteiger partial charge >= 0.3 is 0 Å². The van der Waals surface area contributed by atoms with Crippen LogP contribution < -0.4 is 0 Å². The van der Waals surface area contributed by atoms with Gasteiger partial charge in [-0.15, -0.1) is 0 Å². The maximum absolute atomic E-state index is 5.20. The van der Waals surface area contributed by atoms with Gasteiger partial charge in [-0.3, -0.25) is 15.0 Å². The van der Waals surface area contributed by atoms with Gasteiger partial charge in [-0.05, 0) is 106 Å². The predicted molar refractivity (Wildman–Crippen MR) is 246 cm³/mol. The zero-order chi connectivity index (χ0) is 41.7. The SMILES string of the molecule is C1=CCCC=C(c2nc(-c3ccc4c(c3)C3(c5ccccc5-c5ccccc53)c3cc(-c5nc(-c6ccccn6)nc(-c6ccccn6)n5)ccc3-4)nc(-c3ccccn3)n2)C=C1. The van der Waals surface area contributed by atoms with E-state index in [1.165, 1.54) is 22.3 Å². The maximum Gasteiger partial charge on any atom is 0.182 e. The highest BCUT2D eigenvalue weighted by Crippen LogP contribution is 2.63. The monoisotopic (exact) mass is 809 g/mol. The molecule has 9 nitrogen and oxygen atoms in total. The standard InChI is InChI=1S/C54H35N9/c1-2-4-16-34(17-5-3-1)48-58-49(60-51(59-48)45-22-10-13-29-55-45)35-25-27-39-40-28-26-36(50-61-52(46-23-11-14-30-56-46)63-53(62-50)47-24-12-15-31-57-47)33-44(40)54(43(39)32-35)41-20-8-6-18-37(41)38-19-7-9-21-42(38)54/h1-2,4,6-33H,3,5H2. The number of rotatable bonds is 6. The smallest absolute Gasteiger partial charge is 0.182 e. The van der Waals surface area contributed by atoms with Crippen LogP contribution in [0.15, 0.2) is 188 Å². The Kier molecular flexibility index (Phi) is 8.63. The lowest BCUT2D eigenvalue weighted by Gasteiger charge is -2.31. The minimum Gasteiger partial charge on any atom is -0.253 e. The van der Waals surface area contributed by atoms with Crippen LogP contribution in [0.4, 0.5) is 0 Å². The molecule has 296 valence electrons. The summed E-state index contributed by atoms with van der Waals surface area (Å²) >= 11 is 0. The molecule has 5 aromatic heterocycles. The van der Waals surface area contributed by atoms with Gasteiger partial charge < -0.3 is 0 Å². The number of allylic oxidation sites excluding steroid dienone is 6. The summed E-state index contributed by atoms with van der Waals surface area (Å²) in [4.78, 5) is 44.2. The highest BCUT2D eigenvalue weighted by molar-refractivity contribution is 5.96. The molecule has 9 aromatic rings. The van der Waals surface area contributed by atoms with E-state index in [0.29, 0.717) is 52.0 Å². The van der Waals surface area contributed by atoms with Gasteiger partial charge in [-0.2, -0.15) is 0 Å². The Morgan fingerprint density at radius 1 is 0.365 bits per heavy atom. The molecule has 0 N–H and O–H groups in total. The second-order valence-electron chi connectivity index (χ2n) is 15.6. The highest BCUT2D eigenvalue weighted by atomic mass is 15.1. The van der Waals surface area contributed by atoms with Crippen molar-refractivity contribution in [2.45, 2.75) is 18.3 Å². The lowest BCUT2D eigenvalue weighted by Crippen LogP contribution is -2.26. The first kappa shape index (κ1) is 36.4. The fraction of sp³-hybridized carbons (Fsp3) is 0.0556. The predicted octanol–water partition coefficient (Wildman–Crippen LogP) is 11.2. The third-order valence-electron chi connectivity index (χ3n) is 12.0. The average Bonchev–Trinajstić information content (AvgIpc) is 3.81. The molecule has 0 amide bonds. The van der Waals surface area contributed by atoms with Crippen molar-refractivity contribution < 1.29 is 0 Å². The first-order chi connectivity index (χ1) is 31.2. The Labute approximate surface area is 363 Å². The molecular formula is C54H35N9. The van der Waals surface area contributed by atoms with Gasteiger partial charge in [0, 0.05) is 35.3 Å². The molecule has 0 atom stereocenters. The van der Waals surface area contributed by atoms with Crippen molar-refractivity contribution >= 4 is 5.57 Å². The van der Waals surface area contributed by atoms with Crippen molar-refractivity contribution in [3.05, 3.63) is 217 Å². The van der Waals surface area contributed by atoms with E-state index in [0.717, 1.165) is 51.8 Å². The normalized spacial score (nSPS) is 14.0. The fourth-order valence-electron chi connectivity index (χ4n) is 9.29. The summed E-state index contributed by atoms with van der Waals surface area (Å²) in [6.07, 6.45) is 17.7. The van der Waals surface area contributed by atoms with Crippen LogP contribution in [-0.2, 0) is 5.41 Å². The lowest BCUT2D eigenvalue weighted by atomic mass is 9.70. The average molecular weight is 810 g/mol. The molecule has 3 aliphatic carbocycles. The topological polar surface area (TPSA) is 116 Å². The van der Waals surface area contributed by atoms with Gasteiger partial charge in [0.1, 0.15) is 17.1 Å². The number of aromatic nitrogens is 9. The van der Waals surface area contributed by atoms with Gasteiger partial charge in [0.25, 0.3) is 0 Å². The molecule has 0 bridgehead atoms. The summed E-state index contributed by atoms with van der Waals surface area (Å²) in [6.45, 7) is 0. The molecule has 0 aliphatic heterocycles. The molecule has 4 aromatic carbocycles. The molecule has 0 saturated carbocycles. The molecule has 5 heterocycles.